The third-order valence-electron chi connectivity index (χ3n) is 30.1. The predicted octanol–water partition coefficient (Wildman–Crippen LogP) is 34.2. The van der Waals surface area contributed by atoms with Gasteiger partial charge in [-0.25, -0.2) is 29.9 Å². The van der Waals surface area contributed by atoms with Crippen LogP contribution in [0.25, 0.3) is 216 Å². The van der Waals surface area contributed by atoms with Crippen molar-refractivity contribution in [1.82, 2.24) is 52.7 Å². The molecule has 0 atom stereocenters. The molecule has 0 radical (unpaired) electrons. The Hall–Kier alpha value is -17.3. The molecule has 0 N–H and O–H groups in total. The average Bonchev–Trinajstić information content (AvgIpc) is 1.53. The lowest BCUT2D eigenvalue weighted by atomic mass is 9.76. The Morgan fingerprint density at radius 2 is 0.562 bits per heavy atom. The summed E-state index contributed by atoms with van der Waals surface area (Å²) in [6, 6.07) is 147. The first-order valence-electron chi connectivity index (χ1n) is 49.0. The molecule has 0 saturated heterocycles. The van der Waals surface area contributed by atoms with Crippen molar-refractivity contribution in [3.63, 3.8) is 0 Å². The van der Waals surface area contributed by atoms with Crippen LogP contribution in [-0.2, 0) is 16.2 Å². The number of anilines is 3. The number of hydrogen-bond donors (Lipinski definition) is 0. The van der Waals surface area contributed by atoms with Gasteiger partial charge in [-0.15, -0.1) is 34.0 Å². The molecule has 17 aromatic carbocycles. The van der Waals surface area contributed by atoms with Crippen LogP contribution in [0.1, 0.15) is 74.2 Å². The summed E-state index contributed by atoms with van der Waals surface area (Å²) >= 11 is 5.46. The molecule has 27 aromatic rings. The van der Waals surface area contributed by atoms with Gasteiger partial charge in [0.1, 0.15) is 5.00 Å². The molecular weight excluding hydrogens is 1810 g/mol. The van der Waals surface area contributed by atoms with E-state index in [4.69, 9.17) is 29.9 Å². The van der Waals surface area contributed by atoms with Gasteiger partial charge in [0.2, 0.25) is 0 Å². The minimum absolute atomic E-state index is 0.00454. The van der Waals surface area contributed by atoms with Crippen molar-refractivity contribution in [2.75, 3.05) is 4.90 Å². The van der Waals surface area contributed by atoms with Crippen LogP contribution in [0.15, 0.2) is 434 Å². The third-order valence-corrected chi connectivity index (χ3v) is 33.0. The summed E-state index contributed by atoms with van der Waals surface area (Å²) in [5.41, 5.74) is 35.2. The standard InChI is InChI=1S/2C46H31N5S.C37H28N2S/c1-46(2)36-25-31(50-38-19-11-9-17-32(38)33-18-10-12-20-39(33)50)24-35-34-23-30(21-22-40(34)51(42(35)36)41-27-52-26-37(41)46)45-48-43(28-13-5-3-6-14-28)47-44(49-45)29-15-7-4-8-16-29;1-46(2)36-23-24-52-45(36)51-40-22-21-30(44-48-42(28-13-5-3-6-14-28)47-43(49-44)29-15-7-4-8-16-29)25-34(40)35-26-31(27-37(46)41(35)51)50-38-19-11-9-17-32(38)33-18-10-12-20-39(33)50;1-37(2)32-15-9-14-30-31-24-26(18-21-33(31)39(35(30)32)34-22-23-40-36(34)37)25-16-19-29(20-17-25)38(27-10-5-3-6-11-27)28-12-7-4-8-13-28/h2*3-27H,1-2H3;3-24H,1-2H3. The Balaban J connectivity index is 0.000000106. The van der Waals surface area contributed by atoms with Gasteiger partial charge in [-0.3, -0.25) is 0 Å². The Morgan fingerprint density at radius 1 is 0.215 bits per heavy atom. The Morgan fingerprint density at radius 3 is 1.03 bits per heavy atom. The summed E-state index contributed by atoms with van der Waals surface area (Å²) < 4.78 is 12.3. The van der Waals surface area contributed by atoms with Crippen LogP contribution in [-0.4, -0.2) is 52.7 Å². The SMILES string of the molecule is CC1(C)c2ccsc2-n2c3ccc(-c4nc(-c5ccccc5)nc(-c5ccccc5)n4)cc3c3cc(-n4c5ccccc5c5ccccc54)cc1c32.CC1(C)c2cscc2-n2c3ccc(-c4nc(-c5ccccc5)nc(-c5ccccc5)n4)cc3c3cc(-n4c5ccccc5c5ccccc54)cc1c32.CC1(C)c2sccc2-n2c3ccc(-c4ccc(N(c5ccccc5)c5ccccc5)cc4)cc3c3cccc1c32. The maximum atomic E-state index is 5.09. The molecule has 144 heavy (non-hydrogen) atoms. The normalized spacial score (nSPS) is 13.4. The fourth-order valence-electron chi connectivity index (χ4n) is 23.1. The lowest BCUT2D eigenvalue weighted by molar-refractivity contribution is 0.633. The molecule has 30 rings (SSSR count). The van der Waals surface area contributed by atoms with Crippen LogP contribution >= 0.6 is 34.0 Å². The van der Waals surface area contributed by atoms with E-state index in [-0.39, 0.29) is 16.2 Å². The van der Waals surface area contributed by atoms with Crippen LogP contribution < -0.4 is 4.90 Å². The number of thiophene rings is 3. The van der Waals surface area contributed by atoms with E-state index >= 15 is 0 Å². The zero-order chi connectivity index (χ0) is 96.0. The third kappa shape index (κ3) is 13.2. The van der Waals surface area contributed by atoms with Crippen LogP contribution in [0, 0.1) is 0 Å². The van der Waals surface area contributed by atoms with E-state index < -0.39 is 0 Å². The monoisotopic (exact) mass is 1900 g/mol. The predicted molar refractivity (Wildman–Crippen MR) is 601 cm³/mol. The van der Waals surface area contributed by atoms with Gasteiger partial charge in [-0.1, -0.05) is 308 Å². The quantitative estimate of drug-likeness (QED) is 0.120. The lowest BCUT2D eigenvalue weighted by Crippen LogP contribution is -2.25. The first kappa shape index (κ1) is 84.7. The minimum Gasteiger partial charge on any atom is -0.311 e. The number of nitrogens with zero attached hydrogens (tertiary/aromatic N) is 12. The van der Waals surface area contributed by atoms with Gasteiger partial charge in [0, 0.05) is 142 Å². The van der Waals surface area contributed by atoms with Crippen molar-refractivity contribution in [1.29, 1.82) is 0 Å². The van der Waals surface area contributed by atoms with Crippen molar-refractivity contribution < 1.29 is 0 Å². The minimum atomic E-state index is -0.195. The van der Waals surface area contributed by atoms with Gasteiger partial charge in [0.15, 0.2) is 34.9 Å². The highest BCUT2D eigenvalue weighted by molar-refractivity contribution is 7.13. The number of benzene rings is 17. The van der Waals surface area contributed by atoms with E-state index in [0.717, 1.165) is 61.8 Å². The fourth-order valence-corrected chi connectivity index (χ4v) is 26.2. The van der Waals surface area contributed by atoms with E-state index in [2.05, 4.69) is 431 Å². The summed E-state index contributed by atoms with van der Waals surface area (Å²) in [5.74, 6) is 3.94. The van der Waals surface area contributed by atoms with E-state index in [1.165, 1.54) is 169 Å². The summed E-state index contributed by atoms with van der Waals surface area (Å²) in [7, 11) is 0. The molecule has 0 aliphatic carbocycles. The van der Waals surface area contributed by atoms with E-state index in [1.807, 2.05) is 95.5 Å². The highest BCUT2D eigenvalue weighted by Crippen LogP contribution is 2.56. The second-order valence-corrected chi connectivity index (χ2v) is 41.9. The first-order valence-corrected chi connectivity index (χ1v) is 51.7. The maximum absolute atomic E-state index is 5.09. The molecule has 0 bridgehead atoms. The highest BCUT2D eigenvalue weighted by atomic mass is 32.1. The van der Waals surface area contributed by atoms with Crippen LogP contribution in [0.4, 0.5) is 17.1 Å². The first-order chi connectivity index (χ1) is 70.7. The van der Waals surface area contributed by atoms with Gasteiger partial charge >= 0.3 is 0 Å². The maximum Gasteiger partial charge on any atom is 0.164 e. The van der Waals surface area contributed by atoms with Crippen LogP contribution in [0.3, 0.4) is 0 Å². The molecule has 13 heterocycles. The Kier molecular flexibility index (Phi) is 19.3. The summed E-state index contributed by atoms with van der Waals surface area (Å²) in [4.78, 5) is 34.0. The number of aromatic nitrogens is 11. The topological polar surface area (TPSA) is 105 Å². The molecule has 0 saturated carbocycles. The highest BCUT2D eigenvalue weighted by Gasteiger charge is 2.41. The molecule has 0 amide bonds. The van der Waals surface area contributed by atoms with Crippen molar-refractivity contribution in [3.8, 4) is 107 Å². The summed E-state index contributed by atoms with van der Waals surface area (Å²) in [5, 5.41) is 22.9. The summed E-state index contributed by atoms with van der Waals surface area (Å²) in [6.07, 6.45) is 0. The van der Waals surface area contributed by atoms with Gasteiger partial charge in [0.05, 0.1) is 66.5 Å². The van der Waals surface area contributed by atoms with Gasteiger partial charge in [-0.05, 0) is 201 Å². The number of para-hydroxylation sites is 7. The molecule has 0 spiro atoms. The molecular formula is C129H90N12S3. The van der Waals surface area contributed by atoms with Crippen molar-refractivity contribution in [3.05, 3.63) is 467 Å². The van der Waals surface area contributed by atoms with Crippen LogP contribution in [0.2, 0.25) is 0 Å². The second-order valence-electron chi connectivity index (χ2n) is 39.4. The summed E-state index contributed by atoms with van der Waals surface area (Å²) in [6.45, 7) is 14.2. The molecule has 12 nitrogen and oxygen atoms in total. The number of hydrogen-bond acceptors (Lipinski definition) is 10. The molecule has 0 fully saturated rings. The molecule has 3 aliphatic rings. The Labute approximate surface area is 843 Å². The average molecular weight is 1900 g/mol. The fraction of sp³-hybridized carbons (Fsp3) is 0.0698. The van der Waals surface area contributed by atoms with Gasteiger partial charge in [-0.2, -0.15) is 0 Å². The van der Waals surface area contributed by atoms with Gasteiger partial charge < -0.3 is 27.7 Å². The van der Waals surface area contributed by atoms with Gasteiger partial charge in [0.25, 0.3) is 0 Å². The van der Waals surface area contributed by atoms with Crippen molar-refractivity contribution in [2.45, 2.75) is 57.8 Å². The molecule has 0 unspecified atom stereocenters. The second kappa shape index (κ2) is 32.9. The van der Waals surface area contributed by atoms with Crippen LogP contribution in [0.5, 0.6) is 0 Å². The van der Waals surface area contributed by atoms with E-state index in [0.29, 0.717) is 34.9 Å². The number of rotatable bonds is 12. The van der Waals surface area contributed by atoms with E-state index in [9.17, 15) is 0 Å². The van der Waals surface area contributed by atoms with Crippen molar-refractivity contribution >= 4 is 160 Å². The zero-order valence-electron chi connectivity index (χ0n) is 79.7. The smallest absolute Gasteiger partial charge is 0.164 e. The molecule has 3 aliphatic heterocycles. The van der Waals surface area contributed by atoms with E-state index in [1.54, 1.807) is 11.3 Å². The molecule has 684 valence electrons. The molecule has 15 heteroatoms. The number of fused-ring (bicyclic) bond motifs is 21. The zero-order valence-corrected chi connectivity index (χ0v) is 82.1. The Bertz CT molecular complexity index is 9190. The van der Waals surface area contributed by atoms with Crippen molar-refractivity contribution in [2.24, 2.45) is 0 Å². The lowest BCUT2D eigenvalue weighted by Gasteiger charge is -2.33. The molecule has 10 aromatic heterocycles. The largest absolute Gasteiger partial charge is 0.311 e.